The number of hydrogen-bond donors (Lipinski definition) is 4. The third-order valence-electron chi connectivity index (χ3n) is 5.91. The van der Waals surface area contributed by atoms with Gasteiger partial charge in [0.15, 0.2) is 0 Å². The number of ether oxygens (including phenoxy) is 1. The van der Waals surface area contributed by atoms with E-state index < -0.39 is 36.0 Å². The lowest BCUT2D eigenvalue weighted by Gasteiger charge is -2.24. The van der Waals surface area contributed by atoms with Crippen molar-refractivity contribution in [3.63, 3.8) is 0 Å². The smallest absolute Gasteiger partial charge is 0.407 e. The maximum Gasteiger partial charge on any atom is 0.407 e. The minimum Gasteiger partial charge on any atom is -0.480 e. The molecule has 0 heterocycles. The van der Waals surface area contributed by atoms with Crippen molar-refractivity contribution < 1.29 is 29.3 Å². The van der Waals surface area contributed by atoms with Crippen LogP contribution < -0.4 is 10.6 Å². The molecule has 0 saturated carbocycles. The molecule has 1 aliphatic carbocycles. The molecule has 3 aromatic rings. The predicted molar refractivity (Wildman–Crippen MR) is 129 cm³/mol. The zero-order valence-electron chi connectivity index (χ0n) is 18.9. The summed E-state index contributed by atoms with van der Waals surface area (Å²) in [4.78, 5) is 36.7. The van der Waals surface area contributed by atoms with Gasteiger partial charge in [-0.15, -0.1) is 0 Å². The first-order chi connectivity index (χ1) is 16.9. The van der Waals surface area contributed by atoms with Crippen molar-refractivity contribution in [3.8, 4) is 11.1 Å². The normalized spacial score (nSPS) is 13.7. The van der Waals surface area contributed by atoms with Gasteiger partial charge in [-0.05, 0) is 27.8 Å². The monoisotopic (exact) mass is 474 g/mol. The Morgan fingerprint density at radius 2 is 1.43 bits per heavy atom. The average molecular weight is 475 g/mol. The molecule has 35 heavy (non-hydrogen) atoms. The van der Waals surface area contributed by atoms with E-state index in [4.69, 9.17) is 4.74 Å². The van der Waals surface area contributed by atoms with Crippen molar-refractivity contribution in [2.75, 3.05) is 6.54 Å². The first kappa shape index (κ1) is 24.0. The summed E-state index contributed by atoms with van der Waals surface area (Å²) in [6, 6.07) is 23.0. The summed E-state index contributed by atoms with van der Waals surface area (Å²) < 4.78 is 5.07. The van der Waals surface area contributed by atoms with Crippen molar-refractivity contribution in [1.82, 2.24) is 10.6 Å². The summed E-state index contributed by atoms with van der Waals surface area (Å²) in [7, 11) is 0. The Morgan fingerprint density at radius 1 is 0.857 bits per heavy atom. The number of benzene rings is 3. The lowest BCUT2D eigenvalue weighted by molar-refractivity contribution is -0.142. The number of carboxylic acids is 1. The summed E-state index contributed by atoms with van der Waals surface area (Å²) >= 11 is 0. The number of nitrogens with one attached hydrogen (secondary N) is 2. The van der Waals surface area contributed by atoms with E-state index in [0.717, 1.165) is 27.8 Å². The van der Waals surface area contributed by atoms with Gasteiger partial charge in [-0.3, -0.25) is 4.79 Å². The molecule has 2 atom stereocenters. The number of fused-ring (bicyclic) bond motifs is 3. The number of alkyl carbamates (subject to hydrolysis) is 1. The van der Waals surface area contributed by atoms with Gasteiger partial charge in [0, 0.05) is 12.5 Å². The Hall–Kier alpha value is -4.17. The van der Waals surface area contributed by atoms with E-state index in [1.165, 1.54) is 0 Å². The lowest BCUT2D eigenvalue weighted by Crippen LogP contribution is -2.46. The molecule has 8 heteroatoms. The van der Waals surface area contributed by atoms with E-state index in [2.05, 4.69) is 10.6 Å². The molecule has 1 aliphatic rings. The number of amides is 2. The second kappa shape index (κ2) is 10.8. The molecule has 180 valence electrons. The molecule has 4 rings (SSSR count). The zero-order chi connectivity index (χ0) is 24.8. The molecule has 0 bridgehead atoms. The highest BCUT2D eigenvalue weighted by Gasteiger charge is 2.38. The van der Waals surface area contributed by atoms with Gasteiger partial charge in [0.05, 0.1) is 12.5 Å². The van der Waals surface area contributed by atoms with Crippen molar-refractivity contribution in [2.45, 2.75) is 31.1 Å². The first-order valence-corrected chi connectivity index (χ1v) is 11.3. The molecular weight excluding hydrogens is 448 g/mol. The quantitative estimate of drug-likeness (QED) is 0.378. The fourth-order valence-corrected chi connectivity index (χ4v) is 4.34. The van der Waals surface area contributed by atoms with Crippen LogP contribution in [0.3, 0.4) is 0 Å². The Kier molecular flexibility index (Phi) is 7.42. The first-order valence-electron chi connectivity index (χ1n) is 11.3. The van der Waals surface area contributed by atoms with Crippen LogP contribution in [-0.4, -0.2) is 46.9 Å². The third kappa shape index (κ3) is 5.67. The van der Waals surface area contributed by atoms with Crippen molar-refractivity contribution in [1.29, 1.82) is 0 Å². The maximum absolute atomic E-state index is 12.6. The van der Waals surface area contributed by atoms with Crippen LogP contribution in [0.25, 0.3) is 11.1 Å². The van der Waals surface area contributed by atoms with Crippen LogP contribution in [-0.2, 0) is 20.9 Å². The van der Waals surface area contributed by atoms with E-state index in [9.17, 15) is 24.6 Å². The molecule has 0 spiro atoms. The average Bonchev–Trinajstić information content (AvgIpc) is 3.19. The molecule has 0 saturated heterocycles. The predicted octanol–water partition coefficient (Wildman–Crippen LogP) is 3.05. The molecule has 2 amide bonds. The van der Waals surface area contributed by atoms with Crippen LogP contribution in [0.1, 0.15) is 29.0 Å². The van der Waals surface area contributed by atoms with E-state index in [1.807, 2.05) is 78.9 Å². The number of carbonyl (C=O) groups is 3. The van der Waals surface area contributed by atoms with Gasteiger partial charge in [0.1, 0.15) is 12.6 Å². The number of hydrogen-bond acceptors (Lipinski definition) is 5. The summed E-state index contributed by atoms with van der Waals surface area (Å²) in [5.74, 6) is -2.37. The summed E-state index contributed by atoms with van der Waals surface area (Å²) in [5, 5.41) is 25.1. The topological polar surface area (TPSA) is 125 Å². The number of rotatable bonds is 9. The van der Waals surface area contributed by atoms with Crippen molar-refractivity contribution in [3.05, 3.63) is 95.6 Å². The fourth-order valence-electron chi connectivity index (χ4n) is 4.34. The standard InChI is InChI=1S/C27H26N2O6/c30-18(15-28-27(34)35-16-17-8-2-1-3-9-17)14-23(31)29-25(26(32)33)24-21-12-6-4-10-19(21)20-11-5-7-13-22(20)24/h1-13,18,24-25,30H,14-16H2,(H,28,34)(H,29,31)(H,32,33)/t18-,25+/m0/s1. The molecular formula is C27H26N2O6. The summed E-state index contributed by atoms with van der Waals surface area (Å²) in [6.07, 6.45) is -2.31. The number of aliphatic hydroxyl groups is 1. The Labute approximate surface area is 202 Å². The second-order valence-electron chi connectivity index (χ2n) is 8.34. The summed E-state index contributed by atoms with van der Waals surface area (Å²) in [5.41, 5.74) is 4.34. The highest BCUT2D eigenvalue weighted by atomic mass is 16.5. The molecule has 3 aromatic carbocycles. The van der Waals surface area contributed by atoms with Crippen LogP contribution in [0, 0.1) is 0 Å². The van der Waals surface area contributed by atoms with Gasteiger partial charge in [0.25, 0.3) is 0 Å². The van der Waals surface area contributed by atoms with Gasteiger partial charge in [-0.2, -0.15) is 0 Å². The fraction of sp³-hybridized carbons (Fsp3) is 0.222. The highest BCUT2D eigenvalue weighted by Crippen LogP contribution is 2.46. The SMILES string of the molecule is O=C(C[C@H](O)CNC(=O)OCc1ccccc1)N[C@@H](C(=O)O)C1c2ccccc2-c2ccccc21. The van der Waals surface area contributed by atoms with E-state index in [0.29, 0.717) is 0 Å². The van der Waals surface area contributed by atoms with Gasteiger partial charge in [0.2, 0.25) is 5.91 Å². The number of carbonyl (C=O) groups excluding carboxylic acids is 2. The third-order valence-corrected chi connectivity index (χ3v) is 5.91. The van der Waals surface area contributed by atoms with Crippen LogP contribution >= 0.6 is 0 Å². The maximum atomic E-state index is 12.6. The highest BCUT2D eigenvalue weighted by molar-refractivity contribution is 5.88. The van der Waals surface area contributed by atoms with Gasteiger partial charge in [-0.1, -0.05) is 78.9 Å². The van der Waals surface area contributed by atoms with Crippen molar-refractivity contribution in [2.24, 2.45) is 0 Å². The molecule has 0 radical (unpaired) electrons. The van der Waals surface area contributed by atoms with Gasteiger partial charge in [-0.25, -0.2) is 9.59 Å². The molecule has 0 aliphatic heterocycles. The second-order valence-corrected chi connectivity index (χ2v) is 8.34. The largest absolute Gasteiger partial charge is 0.480 e. The van der Waals surface area contributed by atoms with E-state index in [1.54, 1.807) is 0 Å². The van der Waals surface area contributed by atoms with Crippen LogP contribution in [0.5, 0.6) is 0 Å². The molecule has 8 nitrogen and oxygen atoms in total. The zero-order valence-corrected chi connectivity index (χ0v) is 18.9. The molecule has 0 unspecified atom stereocenters. The minimum absolute atomic E-state index is 0.0773. The van der Waals surface area contributed by atoms with Crippen LogP contribution in [0.4, 0.5) is 4.79 Å². The Bertz CT molecular complexity index is 1170. The van der Waals surface area contributed by atoms with Gasteiger partial charge < -0.3 is 25.6 Å². The number of carboxylic acid groups (broad SMARTS) is 1. The molecule has 0 fully saturated rings. The Morgan fingerprint density at radius 3 is 2.03 bits per heavy atom. The van der Waals surface area contributed by atoms with E-state index >= 15 is 0 Å². The molecule has 0 aromatic heterocycles. The number of aliphatic carboxylic acids is 1. The van der Waals surface area contributed by atoms with Crippen LogP contribution in [0.15, 0.2) is 78.9 Å². The lowest BCUT2D eigenvalue weighted by atomic mass is 9.89. The molecule has 4 N–H and O–H groups in total. The minimum atomic E-state index is -1.22. The van der Waals surface area contributed by atoms with Gasteiger partial charge >= 0.3 is 12.1 Å². The van der Waals surface area contributed by atoms with Crippen molar-refractivity contribution >= 4 is 18.0 Å². The number of aliphatic hydroxyl groups excluding tert-OH is 1. The summed E-state index contributed by atoms with van der Waals surface area (Å²) in [6.45, 7) is -0.137. The van der Waals surface area contributed by atoms with E-state index in [-0.39, 0.29) is 19.6 Å². The Balaban J connectivity index is 1.34. The van der Waals surface area contributed by atoms with Crippen LogP contribution in [0.2, 0.25) is 0 Å².